The molecule has 0 saturated carbocycles. The van der Waals surface area contributed by atoms with Gasteiger partial charge in [-0.1, -0.05) is 42.5 Å². The number of alkyl carbamates (subject to hydrolysis) is 1. The second kappa shape index (κ2) is 11.4. The van der Waals surface area contributed by atoms with Gasteiger partial charge in [0, 0.05) is 0 Å². The highest BCUT2D eigenvalue weighted by atomic mass is 16.6. The molecule has 0 spiro atoms. The van der Waals surface area contributed by atoms with Gasteiger partial charge in [0.1, 0.15) is 31.1 Å². The molecule has 8 nitrogen and oxygen atoms in total. The van der Waals surface area contributed by atoms with Crippen LogP contribution in [0.2, 0.25) is 0 Å². The van der Waals surface area contributed by atoms with Crippen LogP contribution >= 0.6 is 0 Å². The zero-order valence-corrected chi connectivity index (χ0v) is 19.7. The molecular formula is C25H31NO7. The van der Waals surface area contributed by atoms with Gasteiger partial charge in [0.25, 0.3) is 0 Å². The van der Waals surface area contributed by atoms with Crippen LogP contribution in [0.4, 0.5) is 4.79 Å². The van der Waals surface area contributed by atoms with Gasteiger partial charge in [-0.05, 0) is 51.0 Å². The van der Waals surface area contributed by atoms with Crippen molar-refractivity contribution in [3.8, 4) is 5.75 Å². The number of benzene rings is 2. The summed E-state index contributed by atoms with van der Waals surface area (Å²) in [5.74, 6) is -0.508. The Hall–Kier alpha value is -3.55. The summed E-state index contributed by atoms with van der Waals surface area (Å²) < 4.78 is 20.9. The Morgan fingerprint density at radius 1 is 0.758 bits per heavy atom. The van der Waals surface area contributed by atoms with Gasteiger partial charge < -0.3 is 24.3 Å². The first-order chi connectivity index (χ1) is 15.5. The van der Waals surface area contributed by atoms with Crippen LogP contribution in [0.25, 0.3) is 0 Å². The standard InChI is InChI=1S/C25H31NO7/c1-24(2,21(27)31-15-19-11-13-20(30-5)14-12-19)17-33-22(28)25(3,4)26-23(29)32-16-18-9-7-6-8-10-18/h6-14H,15-17H2,1-5H3,(H,26,29). The average Bonchev–Trinajstić information content (AvgIpc) is 2.80. The molecule has 33 heavy (non-hydrogen) atoms. The van der Waals surface area contributed by atoms with E-state index in [4.69, 9.17) is 18.9 Å². The van der Waals surface area contributed by atoms with Crippen LogP contribution in [-0.4, -0.2) is 37.3 Å². The number of carbonyl (C=O) groups excluding carboxylic acids is 3. The molecule has 0 radical (unpaired) electrons. The number of carbonyl (C=O) groups is 3. The molecule has 2 rings (SSSR count). The van der Waals surface area contributed by atoms with Crippen molar-refractivity contribution in [2.45, 2.75) is 46.4 Å². The van der Waals surface area contributed by atoms with E-state index < -0.39 is 29.0 Å². The highest BCUT2D eigenvalue weighted by Gasteiger charge is 2.36. The maximum Gasteiger partial charge on any atom is 0.408 e. The van der Waals surface area contributed by atoms with E-state index in [2.05, 4.69) is 5.32 Å². The number of nitrogens with one attached hydrogen (secondary N) is 1. The zero-order chi connectivity index (χ0) is 24.5. The van der Waals surface area contributed by atoms with Crippen molar-refractivity contribution < 1.29 is 33.3 Å². The molecule has 0 aliphatic rings. The molecule has 2 aromatic carbocycles. The second-order valence-corrected chi connectivity index (χ2v) is 8.70. The largest absolute Gasteiger partial charge is 0.497 e. The van der Waals surface area contributed by atoms with E-state index in [1.807, 2.05) is 30.3 Å². The molecule has 0 fully saturated rings. The molecule has 1 N–H and O–H groups in total. The second-order valence-electron chi connectivity index (χ2n) is 8.70. The lowest BCUT2D eigenvalue weighted by atomic mass is 9.95. The number of methoxy groups -OCH3 is 1. The number of hydrogen-bond acceptors (Lipinski definition) is 7. The van der Waals surface area contributed by atoms with E-state index in [9.17, 15) is 14.4 Å². The molecule has 0 saturated heterocycles. The third-order valence-electron chi connectivity index (χ3n) is 4.78. The summed E-state index contributed by atoms with van der Waals surface area (Å²) in [4.78, 5) is 37.1. The summed E-state index contributed by atoms with van der Waals surface area (Å²) in [6.45, 7) is 6.17. The van der Waals surface area contributed by atoms with Crippen LogP contribution in [-0.2, 0) is 37.0 Å². The van der Waals surface area contributed by atoms with Crippen LogP contribution in [0.15, 0.2) is 54.6 Å². The average molecular weight is 458 g/mol. The van der Waals surface area contributed by atoms with E-state index in [1.165, 1.54) is 13.8 Å². The Morgan fingerprint density at radius 3 is 1.94 bits per heavy atom. The summed E-state index contributed by atoms with van der Waals surface area (Å²) in [7, 11) is 1.57. The number of hydrogen-bond donors (Lipinski definition) is 1. The lowest BCUT2D eigenvalue weighted by Crippen LogP contribution is -2.51. The van der Waals surface area contributed by atoms with Gasteiger partial charge >= 0.3 is 18.0 Å². The van der Waals surface area contributed by atoms with E-state index in [1.54, 1.807) is 45.2 Å². The fourth-order valence-corrected chi connectivity index (χ4v) is 2.62. The molecular weight excluding hydrogens is 426 g/mol. The first-order valence-corrected chi connectivity index (χ1v) is 10.5. The van der Waals surface area contributed by atoms with Crippen LogP contribution in [0, 0.1) is 5.41 Å². The van der Waals surface area contributed by atoms with Gasteiger partial charge in [0.05, 0.1) is 12.5 Å². The molecule has 178 valence electrons. The van der Waals surface area contributed by atoms with Crippen LogP contribution < -0.4 is 10.1 Å². The van der Waals surface area contributed by atoms with Gasteiger partial charge in [-0.3, -0.25) is 4.79 Å². The molecule has 0 aromatic heterocycles. The summed E-state index contributed by atoms with van der Waals surface area (Å²) in [5.41, 5.74) is -0.803. The van der Waals surface area contributed by atoms with Gasteiger partial charge in [0.2, 0.25) is 0 Å². The first kappa shape index (κ1) is 25.7. The Labute approximate surface area is 194 Å². The highest BCUT2D eigenvalue weighted by molar-refractivity contribution is 5.85. The number of rotatable bonds is 10. The molecule has 0 aliphatic heterocycles. The van der Waals surface area contributed by atoms with Gasteiger partial charge in [0.15, 0.2) is 0 Å². The Morgan fingerprint density at radius 2 is 1.33 bits per heavy atom. The van der Waals surface area contributed by atoms with E-state index in [0.717, 1.165) is 11.1 Å². The number of amides is 1. The minimum Gasteiger partial charge on any atom is -0.497 e. The topological polar surface area (TPSA) is 100 Å². The summed E-state index contributed by atoms with van der Waals surface area (Å²) in [5, 5.41) is 2.49. The Kier molecular flexibility index (Phi) is 8.85. The van der Waals surface area contributed by atoms with Crippen molar-refractivity contribution in [3.63, 3.8) is 0 Å². The fraction of sp³-hybridized carbons (Fsp3) is 0.400. The molecule has 8 heteroatoms. The first-order valence-electron chi connectivity index (χ1n) is 10.5. The lowest BCUT2D eigenvalue weighted by Gasteiger charge is -2.27. The maximum atomic E-state index is 12.5. The van der Waals surface area contributed by atoms with Crippen molar-refractivity contribution in [2.24, 2.45) is 5.41 Å². The van der Waals surface area contributed by atoms with Crippen molar-refractivity contribution in [3.05, 3.63) is 65.7 Å². The monoisotopic (exact) mass is 457 g/mol. The third-order valence-corrected chi connectivity index (χ3v) is 4.78. The zero-order valence-electron chi connectivity index (χ0n) is 19.7. The molecule has 1 amide bonds. The van der Waals surface area contributed by atoms with Crippen molar-refractivity contribution >= 4 is 18.0 Å². The van der Waals surface area contributed by atoms with Gasteiger partial charge in [-0.15, -0.1) is 0 Å². The predicted molar refractivity (Wildman–Crippen MR) is 121 cm³/mol. The van der Waals surface area contributed by atoms with Crippen LogP contribution in [0.3, 0.4) is 0 Å². The molecule has 0 unspecified atom stereocenters. The SMILES string of the molecule is COc1ccc(COC(=O)C(C)(C)COC(=O)C(C)(C)NC(=O)OCc2ccccc2)cc1. The molecule has 2 aromatic rings. The van der Waals surface area contributed by atoms with Crippen molar-refractivity contribution in [1.82, 2.24) is 5.32 Å². The Bertz CT molecular complexity index is 937. The highest BCUT2D eigenvalue weighted by Crippen LogP contribution is 2.21. The van der Waals surface area contributed by atoms with Crippen LogP contribution in [0.1, 0.15) is 38.8 Å². The van der Waals surface area contributed by atoms with E-state index >= 15 is 0 Å². The molecule has 0 heterocycles. The normalized spacial score (nSPS) is 11.3. The number of ether oxygens (including phenoxy) is 4. The summed E-state index contributed by atoms with van der Waals surface area (Å²) in [6.07, 6.45) is -0.751. The van der Waals surface area contributed by atoms with Gasteiger partial charge in [-0.25, -0.2) is 9.59 Å². The van der Waals surface area contributed by atoms with Crippen molar-refractivity contribution in [1.29, 1.82) is 0 Å². The minimum absolute atomic E-state index is 0.0743. The summed E-state index contributed by atoms with van der Waals surface area (Å²) in [6, 6.07) is 16.3. The van der Waals surface area contributed by atoms with E-state index in [-0.39, 0.29) is 19.8 Å². The predicted octanol–water partition coefficient (Wildman–Crippen LogP) is 4.01. The molecule has 0 bridgehead atoms. The smallest absolute Gasteiger partial charge is 0.408 e. The molecule has 0 aliphatic carbocycles. The van der Waals surface area contributed by atoms with Crippen molar-refractivity contribution in [2.75, 3.05) is 13.7 Å². The van der Waals surface area contributed by atoms with Crippen LogP contribution in [0.5, 0.6) is 5.75 Å². The number of esters is 2. The van der Waals surface area contributed by atoms with Gasteiger partial charge in [-0.2, -0.15) is 0 Å². The van der Waals surface area contributed by atoms with E-state index in [0.29, 0.717) is 5.75 Å². The lowest BCUT2D eigenvalue weighted by molar-refractivity contribution is -0.165. The third kappa shape index (κ3) is 8.14. The minimum atomic E-state index is -1.35. The quantitative estimate of drug-likeness (QED) is 0.425. The maximum absolute atomic E-state index is 12.5. The Balaban J connectivity index is 1.80. The molecule has 0 atom stereocenters. The summed E-state index contributed by atoms with van der Waals surface area (Å²) >= 11 is 0. The fourth-order valence-electron chi connectivity index (χ4n) is 2.62.